The third kappa shape index (κ3) is 5.90. The van der Waals surface area contributed by atoms with Crippen LogP contribution in [0.2, 0.25) is 0 Å². The summed E-state index contributed by atoms with van der Waals surface area (Å²) < 4.78 is 16.0. The van der Waals surface area contributed by atoms with Crippen molar-refractivity contribution in [3.05, 3.63) is 52.1 Å². The number of benzene rings is 1. The number of nitrogens with one attached hydrogen (secondary N) is 4. The van der Waals surface area contributed by atoms with Crippen LogP contribution < -0.4 is 27.2 Å². The van der Waals surface area contributed by atoms with E-state index < -0.39 is 18.4 Å². The molecule has 1 atom stereocenters. The molecular weight excluding hydrogens is 495 g/mol. The number of carbonyl (C=O) groups is 2. The number of hydrogen-bond donors (Lipinski definition) is 5. The molecule has 3 saturated heterocycles. The molecule has 0 saturated carbocycles. The van der Waals surface area contributed by atoms with Crippen LogP contribution in [0.25, 0.3) is 11.2 Å². The molecule has 3 aliphatic rings. The summed E-state index contributed by atoms with van der Waals surface area (Å²) in [6, 6.07) is 6.70. The number of amides is 2. The van der Waals surface area contributed by atoms with Gasteiger partial charge in [-0.15, -0.1) is 0 Å². The van der Waals surface area contributed by atoms with Gasteiger partial charge in [-0.3, -0.25) is 19.4 Å². The fourth-order valence-electron chi connectivity index (χ4n) is 4.13. The van der Waals surface area contributed by atoms with Gasteiger partial charge in [0.15, 0.2) is 11.2 Å². The largest absolute Gasteiger partial charge is 0.639 e. The van der Waals surface area contributed by atoms with Crippen LogP contribution in [0.3, 0.4) is 0 Å². The SMILES string of the molecule is C[C@H](CCC(=O)NC12COB(OC1)OC2)NC(=O)c1ccc(NCc2cnc3nc(N)[nH]c(=O)c3n2)cc1. The fourth-order valence-corrected chi connectivity index (χ4v) is 4.13. The van der Waals surface area contributed by atoms with E-state index in [1.807, 2.05) is 6.92 Å². The van der Waals surface area contributed by atoms with E-state index in [9.17, 15) is 14.4 Å². The van der Waals surface area contributed by atoms with Crippen molar-refractivity contribution >= 4 is 41.9 Å². The van der Waals surface area contributed by atoms with Crippen molar-refractivity contribution in [2.75, 3.05) is 30.9 Å². The van der Waals surface area contributed by atoms with Gasteiger partial charge in [-0.05, 0) is 37.6 Å². The first kappa shape index (κ1) is 25.6. The summed E-state index contributed by atoms with van der Waals surface area (Å²) in [5, 5.41) is 9.03. The number of aromatic amines is 1. The number of aromatic nitrogens is 4. The van der Waals surface area contributed by atoms with Crippen molar-refractivity contribution in [3.8, 4) is 0 Å². The molecule has 15 heteroatoms. The summed E-state index contributed by atoms with van der Waals surface area (Å²) in [6.45, 7) is 3.21. The predicted octanol–water partition coefficient (Wildman–Crippen LogP) is -0.277. The van der Waals surface area contributed by atoms with Crippen molar-refractivity contribution in [2.24, 2.45) is 0 Å². The van der Waals surface area contributed by atoms with Gasteiger partial charge in [0.25, 0.3) is 11.5 Å². The van der Waals surface area contributed by atoms with Gasteiger partial charge >= 0.3 is 7.32 Å². The van der Waals surface area contributed by atoms with E-state index in [1.165, 1.54) is 6.20 Å². The highest BCUT2D eigenvalue weighted by Crippen LogP contribution is 2.22. The summed E-state index contributed by atoms with van der Waals surface area (Å²) >= 11 is 0. The topological polar surface area (TPSA) is 195 Å². The summed E-state index contributed by atoms with van der Waals surface area (Å²) in [6.07, 6.45) is 2.22. The smallest absolute Gasteiger partial charge is 0.383 e. The molecule has 14 nitrogen and oxygen atoms in total. The minimum absolute atomic E-state index is 0.0192. The van der Waals surface area contributed by atoms with Gasteiger partial charge in [0.05, 0.1) is 38.3 Å². The molecule has 6 N–H and O–H groups in total. The average Bonchev–Trinajstić information content (AvgIpc) is 2.92. The van der Waals surface area contributed by atoms with Gasteiger partial charge in [-0.1, -0.05) is 0 Å². The van der Waals surface area contributed by atoms with E-state index in [0.29, 0.717) is 44.0 Å². The number of rotatable bonds is 9. The lowest BCUT2D eigenvalue weighted by molar-refractivity contribution is -0.133. The van der Waals surface area contributed by atoms with Gasteiger partial charge < -0.3 is 35.6 Å². The first-order valence-corrected chi connectivity index (χ1v) is 12.1. The molecule has 2 aromatic heterocycles. The van der Waals surface area contributed by atoms with Crippen molar-refractivity contribution in [3.63, 3.8) is 0 Å². The molecule has 0 unspecified atom stereocenters. The van der Waals surface area contributed by atoms with E-state index >= 15 is 0 Å². The molecular formula is C23H27BN8O6. The standard InChI is InChI=1S/C23H27BN8O6/c1-13(2-7-17(33)32-23-10-36-24(37-11-23)38-12-23)28-20(34)14-3-5-15(6-4-14)26-8-16-9-27-19-18(29-16)21(35)31-22(25)30-19/h3-6,9,13,26H,2,7-8,10-12H2,1H3,(H,28,34)(H,32,33)(H3,25,27,30,31,35)/t13-/m1/s1. The lowest BCUT2D eigenvalue weighted by Gasteiger charge is -2.44. The Morgan fingerprint density at radius 1 is 1.16 bits per heavy atom. The molecule has 5 heterocycles. The maximum atomic E-state index is 12.6. The molecule has 198 valence electrons. The number of nitrogens with two attached hydrogens (primary N) is 1. The summed E-state index contributed by atoms with van der Waals surface area (Å²) in [5.74, 6) is -0.414. The van der Waals surface area contributed by atoms with Crippen LogP contribution in [0.4, 0.5) is 11.6 Å². The van der Waals surface area contributed by atoms with Crippen LogP contribution >= 0.6 is 0 Å². The quantitative estimate of drug-likeness (QED) is 0.232. The van der Waals surface area contributed by atoms with Crippen LogP contribution in [-0.2, 0) is 25.3 Å². The number of fused-ring (bicyclic) bond motifs is 4. The van der Waals surface area contributed by atoms with Gasteiger partial charge in [0.1, 0.15) is 5.54 Å². The highest BCUT2D eigenvalue weighted by Gasteiger charge is 2.48. The van der Waals surface area contributed by atoms with E-state index in [2.05, 4.69) is 35.9 Å². The van der Waals surface area contributed by atoms with Crippen LogP contribution in [-0.4, -0.2) is 70.5 Å². The van der Waals surface area contributed by atoms with Crippen LogP contribution in [0.5, 0.6) is 0 Å². The average molecular weight is 522 g/mol. The molecule has 1 aromatic carbocycles. The number of nitrogens with zero attached hydrogens (tertiary/aromatic N) is 3. The van der Waals surface area contributed by atoms with Crippen molar-refractivity contribution in [1.29, 1.82) is 0 Å². The Morgan fingerprint density at radius 2 is 1.87 bits per heavy atom. The van der Waals surface area contributed by atoms with Crippen molar-refractivity contribution in [1.82, 2.24) is 30.6 Å². The number of carbonyl (C=O) groups excluding carboxylic acids is 2. The molecule has 0 radical (unpaired) electrons. The molecule has 3 aromatic rings. The van der Waals surface area contributed by atoms with Crippen LogP contribution in [0.15, 0.2) is 35.3 Å². The zero-order valence-corrected chi connectivity index (χ0v) is 20.7. The first-order chi connectivity index (χ1) is 18.3. The van der Waals surface area contributed by atoms with Gasteiger partial charge in [0, 0.05) is 23.7 Å². The predicted molar refractivity (Wildman–Crippen MR) is 137 cm³/mol. The Morgan fingerprint density at radius 3 is 2.58 bits per heavy atom. The Balaban J connectivity index is 1.08. The lowest BCUT2D eigenvalue weighted by atomic mass is 9.94. The van der Waals surface area contributed by atoms with E-state index in [-0.39, 0.29) is 41.4 Å². The first-order valence-electron chi connectivity index (χ1n) is 12.1. The molecule has 38 heavy (non-hydrogen) atoms. The Labute approximate surface area is 217 Å². The molecule has 2 bridgehead atoms. The van der Waals surface area contributed by atoms with Crippen molar-refractivity contribution in [2.45, 2.75) is 37.9 Å². The van der Waals surface area contributed by atoms with E-state index in [0.717, 1.165) is 5.69 Å². The van der Waals surface area contributed by atoms with Crippen LogP contribution in [0, 0.1) is 0 Å². The second-order valence-electron chi connectivity index (χ2n) is 9.38. The molecule has 0 spiro atoms. The second-order valence-corrected chi connectivity index (χ2v) is 9.38. The van der Waals surface area contributed by atoms with E-state index in [1.54, 1.807) is 24.3 Å². The Hall–Kier alpha value is -4.08. The maximum absolute atomic E-state index is 12.6. The van der Waals surface area contributed by atoms with Gasteiger partial charge in [-0.2, -0.15) is 4.98 Å². The monoisotopic (exact) mass is 522 g/mol. The maximum Gasteiger partial charge on any atom is 0.639 e. The molecule has 6 rings (SSSR count). The summed E-state index contributed by atoms with van der Waals surface area (Å²) in [4.78, 5) is 51.8. The fraction of sp³-hybridized carbons (Fsp3) is 0.391. The number of hydrogen-bond acceptors (Lipinski definition) is 11. The highest BCUT2D eigenvalue weighted by atomic mass is 16.8. The molecule has 2 amide bonds. The summed E-state index contributed by atoms with van der Waals surface area (Å²) in [7, 11) is -0.640. The minimum atomic E-state index is -0.654. The van der Waals surface area contributed by atoms with E-state index in [4.69, 9.17) is 19.7 Å². The zero-order chi connectivity index (χ0) is 26.7. The molecule has 3 fully saturated rings. The number of H-pyrrole nitrogens is 1. The Bertz CT molecular complexity index is 1380. The lowest BCUT2D eigenvalue weighted by Crippen LogP contribution is -2.68. The number of nitrogen functional groups attached to an aromatic ring is 1. The van der Waals surface area contributed by atoms with Gasteiger partial charge in [-0.25, -0.2) is 9.97 Å². The highest BCUT2D eigenvalue weighted by molar-refractivity contribution is 6.37. The van der Waals surface area contributed by atoms with Crippen molar-refractivity contribution < 1.29 is 23.6 Å². The summed E-state index contributed by atoms with van der Waals surface area (Å²) in [5.41, 5.74) is 6.47. The second kappa shape index (κ2) is 10.7. The third-order valence-corrected chi connectivity index (χ3v) is 6.18. The van der Waals surface area contributed by atoms with Crippen LogP contribution in [0.1, 0.15) is 35.8 Å². The normalized spacial score (nSPS) is 16.7. The molecule has 0 aliphatic carbocycles. The number of anilines is 2. The minimum Gasteiger partial charge on any atom is -0.383 e. The Kier molecular flexibility index (Phi) is 7.22. The molecule has 3 aliphatic heterocycles. The van der Waals surface area contributed by atoms with Gasteiger partial charge in [0.2, 0.25) is 11.9 Å². The third-order valence-electron chi connectivity index (χ3n) is 6.18. The zero-order valence-electron chi connectivity index (χ0n) is 20.7.